The maximum absolute atomic E-state index is 12.6. The molecule has 0 spiro atoms. The van der Waals surface area contributed by atoms with E-state index in [4.69, 9.17) is 15.0 Å². The Morgan fingerprint density at radius 3 is 1.76 bits per heavy atom. The Morgan fingerprint density at radius 2 is 1.32 bits per heavy atom. The van der Waals surface area contributed by atoms with Crippen molar-refractivity contribution in [2.45, 2.75) is 54.5 Å². The Balaban J connectivity index is 5.40. The number of carbonyl (C=O) groups is 2. The summed E-state index contributed by atoms with van der Waals surface area (Å²) in [5.74, 6) is -0.322. The van der Waals surface area contributed by atoms with E-state index in [9.17, 15) is 9.59 Å². The molecule has 0 aliphatic carbocycles. The van der Waals surface area contributed by atoms with Crippen LogP contribution >= 0.6 is 47.8 Å². The van der Waals surface area contributed by atoms with Crippen molar-refractivity contribution in [3.63, 3.8) is 0 Å². The molecular weight excluding hydrogens is 640 g/mol. The Morgan fingerprint density at radius 1 is 0.824 bits per heavy atom. The third-order valence-electron chi connectivity index (χ3n) is 4.55. The number of halogens is 3. The first-order valence-electron chi connectivity index (χ1n) is 11.0. The molecule has 0 rings (SSSR count). The molecule has 3 N–H and O–H groups in total. The summed E-state index contributed by atoms with van der Waals surface area (Å²) in [5, 5.41) is 12.8. The van der Waals surface area contributed by atoms with Crippen molar-refractivity contribution in [3.8, 4) is 0 Å². The van der Waals surface area contributed by atoms with Gasteiger partial charge in [-0.25, -0.2) is 0 Å². The summed E-state index contributed by atoms with van der Waals surface area (Å²) < 4.78 is 9.73. The van der Waals surface area contributed by atoms with Crippen LogP contribution in [0, 0.1) is 5.41 Å². The van der Waals surface area contributed by atoms with Crippen molar-refractivity contribution in [2.24, 2.45) is 10.5 Å². The summed E-state index contributed by atoms with van der Waals surface area (Å²) in [6, 6.07) is 0. The number of hydrogen-bond acceptors (Lipinski definition) is 6. The summed E-state index contributed by atoms with van der Waals surface area (Å²) in [6.07, 6.45) is 0. The molecule has 2 amide bonds. The number of azide groups is 1. The highest BCUT2D eigenvalue weighted by atomic mass is 79.9. The molecule has 0 aromatic rings. The molecule has 0 aliphatic rings. The number of nitrogens with one attached hydrogen (secondary N) is 3. The van der Waals surface area contributed by atoms with E-state index in [1.165, 1.54) is 0 Å². The SMILES string of the molecule is CC(C)(Br)CNCC(CNC(=O)C(C)(C)Br)(CNC(=O)C(C)(C)Br)COCCOCCN=[N+]=[N-]. The molecule has 10 nitrogen and oxygen atoms in total. The van der Waals surface area contributed by atoms with Gasteiger partial charge >= 0.3 is 0 Å². The minimum absolute atomic E-state index is 0.123. The molecule has 0 unspecified atom stereocenters. The average Bonchev–Trinajstić information content (AvgIpc) is 2.69. The fourth-order valence-corrected chi connectivity index (χ4v) is 3.06. The number of rotatable bonds is 18. The highest BCUT2D eigenvalue weighted by Crippen LogP contribution is 2.22. The zero-order valence-electron chi connectivity index (χ0n) is 21.0. The van der Waals surface area contributed by atoms with E-state index in [0.717, 1.165) is 0 Å². The van der Waals surface area contributed by atoms with Gasteiger partial charge in [-0.15, -0.1) is 0 Å². The summed E-state index contributed by atoms with van der Waals surface area (Å²) >= 11 is 10.4. The van der Waals surface area contributed by atoms with Crippen LogP contribution in [0.1, 0.15) is 41.5 Å². The van der Waals surface area contributed by atoms with Crippen molar-refractivity contribution in [3.05, 3.63) is 10.4 Å². The summed E-state index contributed by atoms with van der Waals surface area (Å²) in [4.78, 5) is 27.8. The highest BCUT2D eigenvalue weighted by molar-refractivity contribution is 9.10. The monoisotopic (exact) mass is 676 g/mol. The molecule has 0 fully saturated rings. The van der Waals surface area contributed by atoms with Crippen LogP contribution in [0.5, 0.6) is 0 Å². The van der Waals surface area contributed by atoms with E-state index in [-0.39, 0.29) is 42.4 Å². The van der Waals surface area contributed by atoms with E-state index in [0.29, 0.717) is 32.9 Å². The van der Waals surface area contributed by atoms with Crippen molar-refractivity contribution in [1.29, 1.82) is 0 Å². The maximum Gasteiger partial charge on any atom is 0.236 e. The zero-order valence-corrected chi connectivity index (χ0v) is 25.7. The Bertz CT molecular complexity index is 653. The van der Waals surface area contributed by atoms with E-state index in [2.05, 4.69) is 87.6 Å². The first-order valence-corrected chi connectivity index (χ1v) is 13.4. The molecule has 0 bridgehead atoms. The van der Waals surface area contributed by atoms with Crippen LogP contribution in [0.15, 0.2) is 5.11 Å². The van der Waals surface area contributed by atoms with Crippen LogP contribution in [-0.2, 0) is 19.1 Å². The molecule has 198 valence electrons. The van der Waals surface area contributed by atoms with Gasteiger partial charge in [-0.1, -0.05) is 52.9 Å². The second kappa shape index (κ2) is 15.6. The van der Waals surface area contributed by atoms with Gasteiger partial charge in [0.2, 0.25) is 11.8 Å². The predicted molar refractivity (Wildman–Crippen MR) is 146 cm³/mol. The normalized spacial score (nSPS) is 12.7. The van der Waals surface area contributed by atoms with Crippen molar-refractivity contribution >= 4 is 59.6 Å². The highest BCUT2D eigenvalue weighted by Gasteiger charge is 2.35. The van der Waals surface area contributed by atoms with Gasteiger partial charge in [0, 0.05) is 47.4 Å². The minimum atomic E-state index is -0.730. The standard InChI is InChI=1S/C21H39Br3N6O4/c1-18(2,22)11-26-12-21(13-27-16(31)19(3,4)23,14-28-17(32)20(5,6)24)15-34-10-9-33-8-7-29-30-25/h26H,7-15H2,1-6H3,(H,27,31)(H,28,32). The number of alkyl halides is 3. The lowest BCUT2D eigenvalue weighted by atomic mass is 9.87. The van der Waals surface area contributed by atoms with Crippen molar-refractivity contribution in [2.75, 3.05) is 59.2 Å². The molecule has 0 aromatic carbocycles. The summed E-state index contributed by atoms with van der Waals surface area (Å²) in [5.41, 5.74) is 7.68. The number of nitrogens with zero attached hydrogens (tertiary/aromatic N) is 3. The quantitative estimate of drug-likeness (QED) is 0.0668. The molecule has 0 saturated heterocycles. The number of hydrogen-bond donors (Lipinski definition) is 3. The van der Waals surface area contributed by atoms with Crippen LogP contribution < -0.4 is 16.0 Å². The second-order valence-electron chi connectivity index (χ2n) is 9.75. The number of ether oxygens (including phenoxy) is 2. The third-order valence-corrected chi connectivity index (χ3v) is 5.55. The van der Waals surface area contributed by atoms with Crippen LogP contribution in [0.4, 0.5) is 0 Å². The van der Waals surface area contributed by atoms with Crippen LogP contribution in [0.3, 0.4) is 0 Å². The molecule has 0 aromatic heterocycles. The molecule has 0 saturated carbocycles. The van der Waals surface area contributed by atoms with Gasteiger partial charge in [0.15, 0.2) is 0 Å². The average molecular weight is 679 g/mol. The van der Waals surface area contributed by atoms with Crippen LogP contribution in [-0.4, -0.2) is 83.9 Å². The fraction of sp³-hybridized carbons (Fsp3) is 0.905. The molecule has 0 heterocycles. The lowest BCUT2D eigenvalue weighted by molar-refractivity contribution is -0.123. The van der Waals surface area contributed by atoms with Gasteiger partial charge in [0.05, 0.1) is 35.1 Å². The molecule has 0 atom stereocenters. The molecule has 34 heavy (non-hydrogen) atoms. The summed E-state index contributed by atoms with van der Waals surface area (Å²) in [7, 11) is 0. The second-order valence-corrected chi connectivity index (χ2v) is 15.9. The van der Waals surface area contributed by atoms with Gasteiger partial charge in [0.25, 0.3) is 0 Å². The van der Waals surface area contributed by atoms with Gasteiger partial charge in [0.1, 0.15) is 0 Å². The summed E-state index contributed by atoms with van der Waals surface area (Å²) in [6.45, 7) is 14.4. The van der Waals surface area contributed by atoms with Gasteiger partial charge in [-0.05, 0) is 47.1 Å². The van der Waals surface area contributed by atoms with Crippen LogP contribution in [0.25, 0.3) is 10.4 Å². The third kappa shape index (κ3) is 16.3. The lowest BCUT2D eigenvalue weighted by Gasteiger charge is -2.36. The number of amides is 2. The predicted octanol–water partition coefficient (Wildman–Crippen LogP) is 3.66. The topological polar surface area (TPSA) is 137 Å². The molecule has 13 heteroatoms. The fourth-order valence-electron chi connectivity index (χ4n) is 2.58. The van der Waals surface area contributed by atoms with E-state index < -0.39 is 14.1 Å². The zero-order chi connectivity index (χ0) is 26.5. The molecular formula is C21H39Br3N6O4. The molecule has 0 radical (unpaired) electrons. The van der Waals surface area contributed by atoms with E-state index in [1.54, 1.807) is 27.7 Å². The lowest BCUT2D eigenvalue weighted by Crippen LogP contribution is -2.56. The van der Waals surface area contributed by atoms with E-state index >= 15 is 0 Å². The minimum Gasteiger partial charge on any atom is -0.379 e. The maximum atomic E-state index is 12.6. The van der Waals surface area contributed by atoms with Gasteiger partial charge < -0.3 is 25.4 Å². The first kappa shape index (κ1) is 33.6. The van der Waals surface area contributed by atoms with Crippen molar-refractivity contribution in [1.82, 2.24) is 16.0 Å². The Labute approximate surface area is 228 Å². The molecule has 0 aliphatic heterocycles. The van der Waals surface area contributed by atoms with Crippen molar-refractivity contribution < 1.29 is 19.1 Å². The van der Waals surface area contributed by atoms with E-state index in [1.807, 2.05) is 0 Å². The smallest absolute Gasteiger partial charge is 0.236 e. The van der Waals surface area contributed by atoms with Gasteiger partial charge in [-0.2, -0.15) is 0 Å². The number of carbonyl (C=O) groups excluding carboxylic acids is 2. The Kier molecular flexibility index (Phi) is 15.4. The first-order chi connectivity index (χ1) is 15.5. The van der Waals surface area contributed by atoms with Gasteiger partial charge in [-0.3, -0.25) is 9.59 Å². The Hall–Kier alpha value is -0.430. The largest absolute Gasteiger partial charge is 0.379 e. The van der Waals surface area contributed by atoms with Crippen LogP contribution in [0.2, 0.25) is 0 Å².